The van der Waals surface area contributed by atoms with Crippen LogP contribution in [0.2, 0.25) is 5.02 Å². The van der Waals surface area contributed by atoms with Gasteiger partial charge >= 0.3 is 6.61 Å². The van der Waals surface area contributed by atoms with Gasteiger partial charge < -0.3 is 10.1 Å². The van der Waals surface area contributed by atoms with Gasteiger partial charge in [-0.25, -0.2) is 9.99 Å². The summed E-state index contributed by atoms with van der Waals surface area (Å²) in [6.45, 7) is -1.32. The summed E-state index contributed by atoms with van der Waals surface area (Å²) in [7, 11) is 0. The molecule has 2 amide bonds. The number of pyridine rings is 1. The number of rotatable bonds is 10. The van der Waals surface area contributed by atoms with E-state index in [0.29, 0.717) is 22.7 Å². The zero-order valence-electron chi connectivity index (χ0n) is 16.0. The van der Waals surface area contributed by atoms with Crippen molar-refractivity contribution < 1.29 is 23.1 Å². The molecule has 158 valence electrons. The average molecular weight is 437 g/mol. The van der Waals surface area contributed by atoms with Crippen molar-refractivity contribution in [2.24, 2.45) is 5.10 Å². The van der Waals surface area contributed by atoms with Crippen molar-refractivity contribution in [1.29, 1.82) is 0 Å². The Bertz CT molecular complexity index is 921. The first-order valence-corrected chi connectivity index (χ1v) is 9.14. The predicted molar refractivity (Wildman–Crippen MR) is 108 cm³/mol. The molecule has 7 nitrogen and oxygen atoms in total. The lowest BCUT2D eigenvalue weighted by Gasteiger charge is -2.13. The summed E-state index contributed by atoms with van der Waals surface area (Å²) in [5.41, 5.74) is 1.56. The van der Waals surface area contributed by atoms with Crippen LogP contribution in [0, 0.1) is 0 Å². The van der Waals surface area contributed by atoms with E-state index < -0.39 is 12.5 Å². The van der Waals surface area contributed by atoms with Crippen molar-refractivity contribution in [1.82, 2.24) is 15.3 Å². The summed E-state index contributed by atoms with van der Waals surface area (Å²) < 4.78 is 28.7. The quantitative estimate of drug-likeness (QED) is 0.351. The fourth-order valence-corrected chi connectivity index (χ4v) is 2.54. The zero-order chi connectivity index (χ0) is 21.9. The maximum absolute atomic E-state index is 12.2. The highest BCUT2D eigenvalue weighted by molar-refractivity contribution is 6.30. The third-order valence-corrected chi connectivity index (χ3v) is 3.84. The normalized spacial score (nSPS) is 11.6. The topological polar surface area (TPSA) is 83.9 Å². The first kappa shape index (κ1) is 23.0. The van der Waals surface area contributed by atoms with Crippen molar-refractivity contribution in [3.8, 4) is 5.88 Å². The zero-order valence-corrected chi connectivity index (χ0v) is 16.7. The number of nitrogens with one attached hydrogen (secondary N) is 1. The van der Waals surface area contributed by atoms with Gasteiger partial charge in [0.25, 0.3) is 0 Å². The van der Waals surface area contributed by atoms with Gasteiger partial charge in [0.15, 0.2) is 0 Å². The smallest absolute Gasteiger partial charge is 0.388 e. The number of carbonyl (C=O) groups excluding carboxylic acids is 2. The van der Waals surface area contributed by atoms with Crippen molar-refractivity contribution in [3.05, 3.63) is 70.9 Å². The minimum Gasteiger partial charge on any atom is -0.417 e. The molecule has 1 aromatic carbocycles. The maximum Gasteiger partial charge on any atom is 0.388 e. The number of allylic oxidation sites excluding steroid dienone is 2. The summed E-state index contributed by atoms with van der Waals surface area (Å²) in [4.78, 5) is 27.3. The van der Waals surface area contributed by atoms with Crippen LogP contribution in [0.1, 0.15) is 18.1 Å². The van der Waals surface area contributed by atoms with Crippen LogP contribution in [0.5, 0.6) is 5.88 Å². The van der Waals surface area contributed by atoms with E-state index in [0.717, 1.165) is 10.6 Å². The molecule has 0 radical (unpaired) electrons. The molecule has 1 heterocycles. The summed E-state index contributed by atoms with van der Waals surface area (Å²) in [5.74, 6) is -0.675. The molecule has 0 aliphatic rings. The van der Waals surface area contributed by atoms with Gasteiger partial charge in [-0.2, -0.15) is 13.9 Å². The summed E-state index contributed by atoms with van der Waals surface area (Å²) in [6, 6.07) is 9.73. The van der Waals surface area contributed by atoms with E-state index in [1.807, 2.05) is 0 Å². The second-order valence-electron chi connectivity index (χ2n) is 5.86. The fraction of sp³-hybridized carbons (Fsp3) is 0.200. The second-order valence-corrected chi connectivity index (χ2v) is 6.29. The van der Waals surface area contributed by atoms with Gasteiger partial charge in [-0.05, 0) is 36.8 Å². The molecule has 0 atom stereocenters. The van der Waals surface area contributed by atoms with Gasteiger partial charge in [0.05, 0.1) is 5.71 Å². The Morgan fingerprint density at radius 1 is 1.37 bits per heavy atom. The highest BCUT2D eigenvalue weighted by atomic mass is 35.5. The number of alkyl halides is 2. The van der Waals surface area contributed by atoms with Gasteiger partial charge in [0, 0.05) is 29.4 Å². The monoisotopic (exact) mass is 436 g/mol. The average Bonchev–Trinajstić information content (AvgIpc) is 2.71. The first-order chi connectivity index (χ1) is 14.4. The lowest BCUT2D eigenvalue weighted by molar-refractivity contribution is -0.128. The molecule has 0 saturated heterocycles. The Morgan fingerprint density at radius 2 is 2.17 bits per heavy atom. The lowest BCUT2D eigenvalue weighted by atomic mass is 10.1. The predicted octanol–water partition coefficient (Wildman–Crippen LogP) is 3.39. The number of nitrogens with zero attached hydrogens (tertiary/aromatic N) is 3. The number of hydrogen-bond acceptors (Lipinski definition) is 5. The molecule has 2 rings (SSSR count). The van der Waals surface area contributed by atoms with Crippen LogP contribution in [0.3, 0.4) is 0 Å². The largest absolute Gasteiger partial charge is 0.417 e. The summed E-state index contributed by atoms with van der Waals surface area (Å²) >= 11 is 5.91. The fourth-order valence-electron chi connectivity index (χ4n) is 2.32. The molecule has 0 saturated carbocycles. The van der Waals surface area contributed by atoms with Crippen molar-refractivity contribution in [2.75, 3.05) is 6.54 Å². The molecule has 1 N–H and O–H groups in total. The Morgan fingerprint density at radius 3 is 2.77 bits per heavy atom. The van der Waals surface area contributed by atoms with Crippen LogP contribution < -0.4 is 10.1 Å². The standard InChI is InChI=1S/C20H19ClF2N4O3/c1-2-4-17(15-7-8-19(25-11-15)30-20(22)23)26-27(13-28)12-18(29)24-10-14-5-3-6-16(21)9-14/h2-9,11,13,20H,10,12H2,1H3,(H,24,29)/b4-2-,26-17+. The Hall–Kier alpha value is -3.33. The van der Waals surface area contributed by atoms with Gasteiger partial charge in [-0.3, -0.25) is 9.59 Å². The molecular formula is C20H19ClF2N4O3. The number of halogens is 3. The summed E-state index contributed by atoms with van der Waals surface area (Å²) in [5, 5.41) is 8.29. The lowest BCUT2D eigenvalue weighted by Crippen LogP contribution is -2.34. The number of benzene rings is 1. The van der Waals surface area contributed by atoms with E-state index in [9.17, 15) is 18.4 Å². The van der Waals surface area contributed by atoms with Gasteiger partial charge in [-0.15, -0.1) is 0 Å². The van der Waals surface area contributed by atoms with E-state index in [1.54, 1.807) is 43.3 Å². The molecular weight excluding hydrogens is 418 g/mol. The third kappa shape index (κ3) is 7.59. The number of aromatic nitrogens is 1. The van der Waals surface area contributed by atoms with Crippen molar-refractivity contribution in [3.63, 3.8) is 0 Å². The summed E-state index contributed by atoms with van der Waals surface area (Å²) in [6.07, 6.45) is 4.94. The molecule has 0 spiro atoms. The number of amides is 2. The van der Waals surface area contributed by atoms with Crippen LogP contribution in [-0.2, 0) is 16.1 Å². The molecule has 2 aromatic rings. The maximum atomic E-state index is 12.2. The minimum atomic E-state index is -2.98. The van der Waals surface area contributed by atoms with Crippen LogP contribution >= 0.6 is 11.6 Å². The van der Waals surface area contributed by atoms with E-state index in [4.69, 9.17) is 11.6 Å². The van der Waals surface area contributed by atoms with Gasteiger partial charge in [0.1, 0.15) is 6.54 Å². The van der Waals surface area contributed by atoms with Crippen LogP contribution in [0.15, 0.2) is 59.8 Å². The highest BCUT2D eigenvalue weighted by Gasteiger charge is 2.11. The molecule has 10 heteroatoms. The van der Waals surface area contributed by atoms with Crippen LogP contribution in [0.25, 0.3) is 0 Å². The SMILES string of the molecule is C/C=C\C(=N/N(C=O)CC(=O)NCc1cccc(Cl)c1)c1ccc(OC(F)F)nc1. The van der Waals surface area contributed by atoms with Crippen molar-refractivity contribution in [2.45, 2.75) is 20.1 Å². The molecule has 30 heavy (non-hydrogen) atoms. The Kier molecular flexibility index (Phi) is 8.89. The molecule has 0 bridgehead atoms. The number of ether oxygens (including phenoxy) is 1. The van der Waals surface area contributed by atoms with Crippen LogP contribution in [0.4, 0.5) is 8.78 Å². The number of hydrogen-bond donors (Lipinski definition) is 1. The van der Waals surface area contributed by atoms with E-state index in [2.05, 4.69) is 20.1 Å². The Labute approximate surface area is 177 Å². The molecule has 0 fully saturated rings. The first-order valence-electron chi connectivity index (χ1n) is 8.77. The van der Waals surface area contributed by atoms with E-state index in [1.165, 1.54) is 18.3 Å². The van der Waals surface area contributed by atoms with E-state index in [-0.39, 0.29) is 19.0 Å². The van der Waals surface area contributed by atoms with Crippen LogP contribution in [-0.4, -0.2) is 41.2 Å². The molecule has 0 aliphatic carbocycles. The highest BCUT2D eigenvalue weighted by Crippen LogP contribution is 2.13. The Balaban J connectivity index is 2.06. The molecule has 0 unspecified atom stereocenters. The molecule has 0 aliphatic heterocycles. The number of carbonyl (C=O) groups is 2. The number of hydrazone groups is 1. The van der Waals surface area contributed by atoms with Gasteiger partial charge in [0.2, 0.25) is 18.2 Å². The molecule has 1 aromatic heterocycles. The van der Waals surface area contributed by atoms with Crippen molar-refractivity contribution >= 4 is 29.6 Å². The second kappa shape index (κ2) is 11.6. The van der Waals surface area contributed by atoms with E-state index >= 15 is 0 Å². The minimum absolute atomic E-state index is 0.243. The van der Waals surface area contributed by atoms with Gasteiger partial charge in [-0.1, -0.05) is 29.8 Å². The third-order valence-electron chi connectivity index (χ3n) is 3.61.